The molecule has 0 aromatic heterocycles. The van der Waals surface area contributed by atoms with E-state index in [-0.39, 0.29) is 0 Å². The Balaban J connectivity index is 2.47. The van der Waals surface area contributed by atoms with Crippen LogP contribution in [0.4, 0.5) is 4.79 Å². The molecule has 8 nitrogen and oxygen atoms in total. The average Bonchev–Trinajstić information content (AvgIpc) is 2.47. The van der Waals surface area contributed by atoms with Crippen molar-refractivity contribution < 1.29 is 29.0 Å². The molecule has 120 valence electrons. The zero-order valence-corrected chi connectivity index (χ0v) is 12.3. The Morgan fingerprint density at radius 1 is 1.38 bits per heavy atom. The van der Waals surface area contributed by atoms with Crippen LogP contribution in [0.2, 0.25) is 0 Å². The lowest BCUT2D eigenvalue weighted by Gasteiger charge is -2.28. The van der Waals surface area contributed by atoms with Crippen molar-refractivity contribution in [2.75, 3.05) is 33.9 Å². The molecule has 0 unspecified atom stereocenters. The maximum absolute atomic E-state index is 12.0. The minimum absolute atomic E-state index is 0.346. The first-order valence-corrected chi connectivity index (χ1v) is 6.83. The number of amides is 2. The molecule has 0 aromatic carbocycles. The lowest BCUT2D eigenvalue weighted by molar-refractivity contribution is -0.147. The van der Waals surface area contributed by atoms with Gasteiger partial charge in [-0.1, -0.05) is 0 Å². The van der Waals surface area contributed by atoms with Gasteiger partial charge in [0.25, 0.3) is 0 Å². The number of rotatable bonds is 6. The predicted octanol–water partition coefficient (Wildman–Crippen LogP) is 0.0707. The number of carboxylic acids is 1. The van der Waals surface area contributed by atoms with Crippen molar-refractivity contribution in [3.63, 3.8) is 0 Å². The highest BCUT2D eigenvalue weighted by Crippen LogP contribution is 2.15. The molecule has 1 fully saturated rings. The monoisotopic (exact) mass is 302 g/mol. The Morgan fingerprint density at radius 3 is 2.52 bits per heavy atom. The number of esters is 1. The second-order valence-electron chi connectivity index (χ2n) is 5.06. The van der Waals surface area contributed by atoms with Crippen molar-refractivity contribution in [3.05, 3.63) is 0 Å². The van der Waals surface area contributed by atoms with Gasteiger partial charge >= 0.3 is 18.0 Å². The fourth-order valence-electron chi connectivity index (χ4n) is 2.11. The average molecular weight is 302 g/mol. The Morgan fingerprint density at radius 2 is 2.00 bits per heavy atom. The standard InChI is InChI=1S/C13H22N2O6/c1-15(8-9-3-5-21-6-4-9)13(19)14-10(12(17)18)7-11(16)20-2/h9-10H,3-8H2,1-2H3,(H,14,19)(H,17,18)/t10-/m0/s1. The second kappa shape index (κ2) is 8.46. The Hall–Kier alpha value is -1.83. The van der Waals surface area contributed by atoms with Crippen LogP contribution in [0.15, 0.2) is 0 Å². The lowest BCUT2D eigenvalue weighted by Crippen LogP contribution is -2.48. The number of carbonyl (C=O) groups excluding carboxylic acids is 2. The first kappa shape index (κ1) is 17.2. The fraction of sp³-hybridized carbons (Fsp3) is 0.769. The molecule has 8 heteroatoms. The summed E-state index contributed by atoms with van der Waals surface area (Å²) in [6.45, 7) is 1.89. The number of carbonyl (C=O) groups is 3. The molecule has 1 aliphatic rings. The van der Waals surface area contributed by atoms with Crippen LogP contribution in [0.1, 0.15) is 19.3 Å². The molecule has 1 atom stereocenters. The Bertz CT molecular complexity index is 381. The van der Waals surface area contributed by atoms with Gasteiger partial charge in [-0.25, -0.2) is 9.59 Å². The third-order valence-corrected chi connectivity index (χ3v) is 3.41. The van der Waals surface area contributed by atoms with Crippen LogP contribution in [0, 0.1) is 5.92 Å². The van der Waals surface area contributed by atoms with Gasteiger partial charge in [-0.2, -0.15) is 0 Å². The van der Waals surface area contributed by atoms with Gasteiger partial charge in [0.1, 0.15) is 6.04 Å². The van der Waals surface area contributed by atoms with Gasteiger partial charge < -0.3 is 24.8 Å². The third-order valence-electron chi connectivity index (χ3n) is 3.41. The second-order valence-corrected chi connectivity index (χ2v) is 5.06. The summed E-state index contributed by atoms with van der Waals surface area (Å²) in [5.74, 6) is -1.61. The van der Waals surface area contributed by atoms with Gasteiger partial charge in [0.15, 0.2) is 0 Å². The topological polar surface area (TPSA) is 105 Å². The van der Waals surface area contributed by atoms with Crippen LogP contribution in [-0.2, 0) is 19.1 Å². The molecule has 1 heterocycles. The summed E-state index contributed by atoms with van der Waals surface area (Å²) in [5.41, 5.74) is 0. The van der Waals surface area contributed by atoms with Crippen molar-refractivity contribution in [3.8, 4) is 0 Å². The predicted molar refractivity (Wildman–Crippen MR) is 72.8 cm³/mol. The summed E-state index contributed by atoms with van der Waals surface area (Å²) in [4.78, 5) is 35.6. The molecule has 0 radical (unpaired) electrons. The van der Waals surface area contributed by atoms with Crippen LogP contribution in [-0.4, -0.2) is 67.9 Å². The van der Waals surface area contributed by atoms with E-state index in [2.05, 4.69) is 10.1 Å². The number of carboxylic acid groups (broad SMARTS) is 1. The van der Waals surface area contributed by atoms with Crippen LogP contribution in [0.5, 0.6) is 0 Å². The number of urea groups is 1. The van der Waals surface area contributed by atoms with Crippen molar-refractivity contribution in [1.29, 1.82) is 0 Å². The van der Waals surface area contributed by atoms with Gasteiger partial charge in [-0.05, 0) is 18.8 Å². The van der Waals surface area contributed by atoms with Gasteiger partial charge in [0, 0.05) is 26.8 Å². The van der Waals surface area contributed by atoms with E-state index in [1.54, 1.807) is 7.05 Å². The molecule has 0 bridgehead atoms. The largest absolute Gasteiger partial charge is 0.480 e. The number of hydrogen-bond donors (Lipinski definition) is 2. The van der Waals surface area contributed by atoms with E-state index in [1.165, 1.54) is 12.0 Å². The van der Waals surface area contributed by atoms with Crippen molar-refractivity contribution in [1.82, 2.24) is 10.2 Å². The molecule has 1 saturated heterocycles. The summed E-state index contributed by atoms with van der Waals surface area (Å²) in [6.07, 6.45) is 1.35. The Kier molecular flexibility index (Phi) is 6.93. The van der Waals surface area contributed by atoms with E-state index in [4.69, 9.17) is 9.84 Å². The first-order chi connectivity index (χ1) is 9.93. The highest BCUT2D eigenvalue weighted by atomic mass is 16.5. The summed E-state index contributed by atoms with van der Waals surface area (Å²) in [6, 6.07) is -1.81. The van der Waals surface area contributed by atoms with Crippen LogP contribution in [0.25, 0.3) is 0 Å². The van der Waals surface area contributed by atoms with E-state index in [1.807, 2.05) is 0 Å². The molecule has 0 aromatic rings. The number of hydrogen-bond acceptors (Lipinski definition) is 5. The van der Waals surface area contributed by atoms with E-state index in [9.17, 15) is 14.4 Å². The van der Waals surface area contributed by atoms with Crippen LogP contribution in [0.3, 0.4) is 0 Å². The first-order valence-electron chi connectivity index (χ1n) is 6.83. The minimum Gasteiger partial charge on any atom is -0.480 e. The number of methoxy groups -OCH3 is 1. The molecular weight excluding hydrogens is 280 g/mol. The van der Waals surface area contributed by atoms with Gasteiger partial charge in [0.05, 0.1) is 13.5 Å². The molecule has 2 N–H and O–H groups in total. The highest BCUT2D eigenvalue weighted by Gasteiger charge is 2.26. The molecule has 1 rings (SSSR count). The number of ether oxygens (including phenoxy) is 2. The highest BCUT2D eigenvalue weighted by molar-refractivity contribution is 5.86. The van der Waals surface area contributed by atoms with Gasteiger partial charge in [-0.3, -0.25) is 4.79 Å². The van der Waals surface area contributed by atoms with Crippen molar-refractivity contribution >= 4 is 18.0 Å². The van der Waals surface area contributed by atoms with Gasteiger partial charge in [0.2, 0.25) is 0 Å². The number of nitrogens with zero attached hydrogens (tertiary/aromatic N) is 1. The third kappa shape index (κ3) is 5.99. The molecule has 21 heavy (non-hydrogen) atoms. The lowest BCUT2D eigenvalue weighted by atomic mass is 10.00. The minimum atomic E-state index is -1.29. The molecular formula is C13H22N2O6. The quantitative estimate of drug-likeness (QED) is 0.673. The summed E-state index contributed by atoms with van der Waals surface area (Å²) in [5, 5.41) is 11.3. The van der Waals surface area contributed by atoms with E-state index in [0.29, 0.717) is 25.7 Å². The van der Waals surface area contributed by atoms with E-state index < -0.39 is 30.4 Å². The summed E-state index contributed by atoms with van der Waals surface area (Å²) in [7, 11) is 2.77. The van der Waals surface area contributed by atoms with Crippen LogP contribution < -0.4 is 5.32 Å². The SMILES string of the molecule is COC(=O)C[C@H](NC(=O)N(C)CC1CCOCC1)C(=O)O. The molecule has 0 saturated carbocycles. The summed E-state index contributed by atoms with van der Waals surface area (Å²) >= 11 is 0. The number of nitrogens with one attached hydrogen (secondary N) is 1. The maximum Gasteiger partial charge on any atom is 0.326 e. The molecule has 1 aliphatic heterocycles. The van der Waals surface area contributed by atoms with Crippen molar-refractivity contribution in [2.45, 2.75) is 25.3 Å². The molecule has 0 spiro atoms. The van der Waals surface area contributed by atoms with Crippen molar-refractivity contribution in [2.24, 2.45) is 5.92 Å². The normalized spacial score (nSPS) is 16.9. The van der Waals surface area contributed by atoms with E-state index in [0.717, 1.165) is 12.8 Å². The molecule has 2 amide bonds. The Labute approximate surface area is 123 Å². The smallest absolute Gasteiger partial charge is 0.326 e. The maximum atomic E-state index is 12.0. The summed E-state index contributed by atoms with van der Waals surface area (Å²) < 4.78 is 9.66. The zero-order valence-electron chi connectivity index (χ0n) is 12.3. The fourth-order valence-corrected chi connectivity index (χ4v) is 2.11. The number of aliphatic carboxylic acids is 1. The molecule has 0 aliphatic carbocycles. The van der Waals surface area contributed by atoms with Gasteiger partial charge in [-0.15, -0.1) is 0 Å². The van der Waals surface area contributed by atoms with Crippen LogP contribution >= 0.6 is 0 Å². The van der Waals surface area contributed by atoms with E-state index >= 15 is 0 Å². The zero-order chi connectivity index (χ0) is 15.8.